The van der Waals surface area contributed by atoms with Gasteiger partial charge in [0.15, 0.2) is 17.3 Å². The van der Waals surface area contributed by atoms with Crippen molar-refractivity contribution in [2.75, 3.05) is 34.0 Å². The predicted octanol–water partition coefficient (Wildman–Crippen LogP) is 6.09. The number of hydrogen-bond acceptors (Lipinski definition) is 5. The van der Waals surface area contributed by atoms with E-state index in [9.17, 15) is 9.59 Å². The Labute approximate surface area is 212 Å². The lowest BCUT2D eigenvalue weighted by atomic mass is 9.84. The van der Waals surface area contributed by atoms with E-state index in [0.717, 1.165) is 25.8 Å². The molecule has 1 N–H and O–H groups in total. The molecule has 1 aromatic carbocycles. The molecule has 0 aliphatic heterocycles. The van der Waals surface area contributed by atoms with Crippen molar-refractivity contribution in [2.45, 2.75) is 66.7 Å². The van der Waals surface area contributed by atoms with Gasteiger partial charge < -0.3 is 19.5 Å². The van der Waals surface area contributed by atoms with Crippen molar-refractivity contribution in [2.24, 2.45) is 23.7 Å². The van der Waals surface area contributed by atoms with Gasteiger partial charge in [-0.15, -0.1) is 0 Å². The van der Waals surface area contributed by atoms with Gasteiger partial charge in [0, 0.05) is 44.1 Å². The molecule has 0 heterocycles. The van der Waals surface area contributed by atoms with Crippen LogP contribution in [0.4, 0.5) is 0 Å². The number of ketones is 1. The Kier molecular flexibility index (Phi) is 15.0. The molecule has 0 bridgehead atoms. The van der Waals surface area contributed by atoms with Crippen molar-refractivity contribution in [3.05, 3.63) is 35.9 Å². The highest BCUT2D eigenvalue weighted by Crippen LogP contribution is 2.31. The Hall–Kier alpha value is -2.34. The summed E-state index contributed by atoms with van der Waals surface area (Å²) in [6.45, 7) is 12.2. The Morgan fingerprint density at radius 2 is 1.57 bits per heavy atom. The van der Waals surface area contributed by atoms with E-state index in [2.05, 4.69) is 52.1 Å². The van der Waals surface area contributed by atoms with Crippen LogP contribution in [0.3, 0.4) is 0 Å². The van der Waals surface area contributed by atoms with Gasteiger partial charge >= 0.3 is 0 Å². The molecule has 0 aliphatic carbocycles. The molecule has 0 radical (unpaired) electrons. The second kappa shape index (κ2) is 17.1. The fourth-order valence-electron chi connectivity index (χ4n) is 3.91. The molecule has 1 aromatic rings. The minimum Gasteiger partial charge on any atom is -0.493 e. The summed E-state index contributed by atoms with van der Waals surface area (Å²) in [4.78, 5) is 25.9. The first kappa shape index (κ1) is 30.7. The number of methoxy groups -OCH3 is 2. The molecule has 35 heavy (non-hydrogen) atoms. The number of carbonyl (C=O) groups excluding carboxylic acids is 2. The third-order valence-electron chi connectivity index (χ3n) is 6.26. The maximum Gasteiger partial charge on any atom is 0.223 e. The largest absolute Gasteiger partial charge is 0.493 e. The van der Waals surface area contributed by atoms with Crippen LogP contribution in [0, 0.1) is 23.7 Å². The lowest BCUT2D eigenvalue weighted by Crippen LogP contribution is -2.33. The van der Waals surface area contributed by atoms with Crippen molar-refractivity contribution in [3.8, 4) is 11.5 Å². The summed E-state index contributed by atoms with van der Waals surface area (Å²) in [7, 11) is 3.25. The average Bonchev–Trinajstić information content (AvgIpc) is 2.83. The van der Waals surface area contributed by atoms with E-state index in [0.29, 0.717) is 43.1 Å². The first-order chi connectivity index (χ1) is 16.8. The topological polar surface area (TPSA) is 73.9 Å². The number of amides is 1. The highest BCUT2D eigenvalue weighted by Gasteiger charge is 2.24. The van der Waals surface area contributed by atoms with E-state index in [1.54, 1.807) is 32.4 Å². The van der Waals surface area contributed by atoms with Gasteiger partial charge in [-0.2, -0.15) is 0 Å². The molecule has 1 rings (SSSR count). The smallest absolute Gasteiger partial charge is 0.223 e. The molecule has 6 nitrogen and oxygen atoms in total. The second-order valence-electron chi connectivity index (χ2n) is 9.71. The van der Waals surface area contributed by atoms with E-state index in [1.807, 2.05) is 0 Å². The summed E-state index contributed by atoms with van der Waals surface area (Å²) in [6.07, 6.45) is 8.24. The number of ether oxygens (including phenoxy) is 3. The van der Waals surface area contributed by atoms with E-state index < -0.39 is 0 Å². The standard InChI is InChI=1S/C29H47NO5/c1-8-9-17-30-29(32)25(22(4)5)14-11-10-13-24(21(2)3)28(31)23-15-16-26(34-7)27(20-23)35-19-12-18-33-6/h10-11,15-16,20-22,24-25H,8-9,12-14,17-19H2,1-7H3,(H,30,32)/b11-10+. The lowest BCUT2D eigenvalue weighted by Gasteiger charge is -2.20. The fourth-order valence-corrected chi connectivity index (χ4v) is 3.91. The zero-order valence-corrected chi connectivity index (χ0v) is 22.9. The molecule has 1 amide bonds. The molecule has 198 valence electrons. The van der Waals surface area contributed by atoms with Gasteiger partial charge in [-0.3, -0.25) is 9.59 Å². The Bertz CT molecular complexity index is 787. The van der Waals surface area contributed by atoms with Gasteiger partial charge in [-0.25, -0.2) is 0 Å². The normalized spacial score (nSPS) is 13.3. The van der Waals surface area contributed by atoms with E-state index >= 15 is 0 Å². The molecule has 0 aromatic heterocycles. The van der Waals surface area contributed by atoms with Crippen LogP contribution < -0.4 is 14.8 Å². The van der Waals surface area contributed by atoms with Crippen molar-refractivity contribution < 1.29 is 23.8 Å². The van der Waals surface area contributed by atoms with Crippen LogP contribution in [0.1, 0.15) is 77.1 Å². The number of allylic oxidation sites excluding steroid dienone is 2. The molecule has 0 aliphatic rings. The summed E-state index contributed by atoms with van der Waals surface area (Å²) in [5.74, 6) is 1.60. The molecule has 0 saturated heterocycles. The van der Waals surface area contributed by atoms with Crippen molar-refractivity contribution in [3.63, 3.8) is 0 Å². The SMILES string of the molecule is CCCCNC(=O)C(C/C=C/CC(C(=O)c1ccc(OC)c(OCCCOC)c1)C(C)C)C(C)C. The summed E-state index contributed by atoms with van der Waals surface area (Å²) in [5, 5.41) is 3.05. The molecule has 2 atom stereocenters. The van der Waals surface area contributed by atoms with E-state index in [-0.39, 0.29) is 35.4 Å². The van der Waals surface area contributed by atoms with Crippen molar-refractivity contribution >= 4 is 11.7 Å². The number of hydrogen-bond donors (Lipinski definition) is 1. The maximum atomic E-state index is 13.4. The first-order valence-electron chi connectivity index (χ1n) is 13.0. The number of unbranched alkanes of at least 4 members (excludes halogenated alkanes) is 1. The van der Waals surface area contributed by atoms with Crippen LogP contribution in [0.2, 0.25) is 0 Å². The highest BCUT2D eigenvalue weighted by atomic mass is 16.5. The maximum absolute atomic E-state index is 13.4. The number of Topliss-reactive ketones (excluding diaryl/α,β-unsaturated/α-hetero) is 1. The van der Waals surface area contributed by atoms with Crippen LogP contribution in [-0.2, 0) is 9.53 Å². The molecule has 2 unspecified atom stereocenters. The average molecular weight is 490 g/mol. The molecule has 0 fully saturated rings. The summed E-state index contributed by atoms with van der Waals surface area (Å²) in [5.41, 5.74) is 0.620. The van der Waals surface area contributed by atoms with Gasteiger partial charge in [0.05, 0.1) is 13.7 Å². The number of benzene rings is 1. The highest BCUT2D eigenvalue weighted by molar-refractivity contribution is 5.98. The minimum atomic E-state index is -0.156. The number of carbonyl (C=O) groups is 2. The van der Waals surface area contributed by atoms with Crippen LogP contribution in [0.5, 0.6) is 11.5 Å². The van der Waals surface area contributed by atoms with Crippen LogP contribution in [0.15, 0.2) is 30.4 Å². The molecule has 0 saturated carbocycles. The van der Waals surface area contributed by atoms with Crippen molar-refractivity contribution in [1.29, 1.82) is 0 Å². The second-order valence-corrected chi connectivity index (χ2v) is 9.71. The zero-order valence-electron chi connectivity index (χ0n) is 22.9. The van der Waals surface area contributed by atoms with E-state index in [1.165, 1.54) is 0 Å². The van der Waals surface area contributed by atoms with Gasteiger partial charge in [0.25, 0.3) is 0 Å². The molecule has 0 spiro atoms. The number of rotatable bonds is 18. The molecular weight excluding hydrogens is 442 g/mol. The van der Waals surface area contributed by atoms with Gasteiger partial charge in [0.2, 0.25) is 5.91 Å². The quantitative estimate of drug-likeness (QED) is 0.153. The van der Waals surface area contributed by atoms with Gasteiger partial charge in [0.1, 0.15) is 0 Å². The van der Waals surface area contributed by atoms with Crippen LogP contribution in [0.25, 0.3) is 0 Å². The van der Waals surface area contributed by atoms with E-state index in [4.69, 9.17) is 14.2 Å². The van der Waals surface area contributed by atoms with Crippen molar-refractivity contribution in [1.82, 2.24) is 5.32 Å². The summed E-state index contributed by atoms with van der Waals surface area (Å²) >= 11 is 0. The minimum absolute atomic E-state index is 0.0595. The van der Waals surface area contributed by atoms with Crippen LogP contribution in [-0.4, -0.2) is 45.7 Å². The first-order valence-corrected chi connectivity index (χ1v) is 13.0. The third-order valence-corrected chi connectivity index (χ3v) is 6.26. The summed E-state index contributed by atoms with van der Waals surface area (Å²) < 4.78 is 16.3. The van der Waals surface area contributed by atoms with Crippen LogP contribution >= 0.6 is 0 Å². The summed E-state index contributed by atoms with van der Waals surface area (Å²) in [6, 6.07) is 5.37. The molecule has 6 heteroatoms. The van der Waals surface area contributed by atoms with Gasteiger partial charge in [-0.05, 0) is 49.3 Å². The Morgan fingerprint density at radius 1 is 0.914 bits per heavy atom. The lowest BCUT2D eigenvalue weighted by molar-refractivity contribution is -0.126. The Morgan fingerprint density at radius 3 is 2.14 bits per heavy atom. The predicted molar refractivity (Wildman–Crippen MR) is 142 cm³/mol. The molecular formula is C29H47NO5. The number of nitrogens with one attached hydrogen (secondary N) is 1. The van der Waals surface area contributed by atoms with Gasteiger partial charge in [-0.1, -0.05) is 53.2 Å². The fraction of sp³-hybridized carbons (Fsp3) is 0.655. The Balaban J connectivity index is 2.85. The zero-order chi connectivity index (χ0) is 26.2. The monoisotopic (exact) mass is 489 g/mol. The third kappa shape index (κ3) is 10.9.